The Hall–Kier alpha value is -0.820. The average molecular weight is 211 g/mol. The van der Waals surface area contributed by atoms with Crippen molar-refractivity contribution >= 4 is 17.4 Å². The van der Waals surface area contributed by atoms with E-state index in [1.807, 2.05) is 44.2 Å². The van der Waals surface area contributed by atoms with Crippen LogP contribution in [0, 0.1) is 11.8 Å². The summed E-state index contributed by atoms with van der Waals surface area (Å²) >= 11 is 5.79. The largest absolute Gasteiger partial charge is 0.294 e. The number of benzene rings is 1. The van der Waals surface area contributed by atoms with E-state index in [-0.39, 0.29) is 11.7 Å². The Morgan fingerprint density at radius 1 is 1.29 bits per heavy atom. The van der Waals surface area contributed by atoms with E-state index in [0.29, 0.717) is 11.8 Å². The number of alkyl halides is 1. The number of halogens is 1. The molecule has 0 amide bonds. The SMILES string of the molecule is CC(C)C(CCl)C(=O)c1ccccc1. The Morgan fingerprint density at radius 3 is 2.29 bits per heavy atom. The van der Waals surface area contributed by atoms with Crippen molar-refractivity contribution in [2.45, 2.75) is 13.8 Å². The first-order valence-electron chi connectivity index (χ1n) is 4.82. The van der Waals surface area contributed by atoms with Crippen molar-refractivity contribution in [1.29, 1.82) is 0 Å². The highest BCUT2D eigenvalue weighted by Gasteiger charge is 2.21. The molecule has 14 heavy (non-hydrogen) atoms. The van der Waals surface area contributed by atoms with Gasteiger partial charge in [0.1, 0.15) is 0 Å². The Bertz CT molecular complexity index is 292. The number of carbonyl (C=O) groups excluding carboxylic acids is 1. The second-order valence-electron chi connectivity index (χ2n) is 3.74. The summed E-state index contributed by atoms with van der Waals surface area (Å²) in [6.07, 6.45) is 0. The molecule has 1 nitrogen and oxygen atoms in total. The van der Waals surface area contributed by atoms with Crippen LogP contribution in [-0.4, -0.2) is 11.7 Å². The van der Waals surface area contributed by atoms with Crippen molar-refractivity contribution < 1.29 is 4.79 Å². The van der Waals surface area contributed by atoms with Crippen molar-refractivity contribution in [1.82, 2.24) is 0 Å². The summed E-state index contributed by atoms with van der Waals surface area (Å²) in [6.45, 7) is 4.04. The molecule has 0 heterocycles. The smallest absolute Gasteiger partial charge is 0.167 e. The summed E-state index contributed by atoms with van der Waals surface area (Å²) in [5.74, 6) is 0.764. The summed E-state index contributed by atoms with van der Waals surface area (Å²) in [7, 11) is 0. The molecule has 0 radical (unpaired) electrons. The lowest BCUT2D eigenvalue weighted by molar-refractivity contribution is 0.0902. The molecule has 76 valence electrons. The molecule has 1 rings (SSSR count). The maximum atomic E-state index is 11.9. The van der Waals surface area contributed by atoms with Crippen LogP contribution in [0.3, 0.4) is 0 Å². The van der Waals surface area contributed by atoms with Gasteiger partial charge in [-0.2, -0.15) is 0 Å². The molecule has 0 aliphatic rings. The van der Waals surface area contributed by atoms with Crippen LogP contribution in [0.1, 0.15) is 24.2 Å². The van der Waals surface area contributed by atoms with Crippen LogP contribution in [0.15, 0.2) is 30.3 Å². The third-order valence-electron chi connectivity index (χ3n) is 2.37. The van der Waals surface area contributed by atoms with E-state index in [9.17, 15) is 4.79 Å². The number of rotatable bonds is 4. The van der Waals surface area contributed by atoms with Crippen LogP contribution in [0.5, 0.6) is 0 Å². The summed E-state index contributed by atoms with van der Waals surface area (Å²) < 4.78 is 0. The van der Waals surface area contributed by atoms with E-state index >= 15 is 0 Å². The Labute approximate surface area is 90.1 Å². The fourth-order valence-electron chi connectivity index (χ4n) is 1.37. The predicted octanol–water partition coefficient (Wildman–Crippen LogP) is 3.38. The minimum atomic E-state index is -0.0703. The molecule has 1 atom stereocenters. The minimum Gasteiger partial charge on any atom is -0.294 e. The van der Waals surface area contributed by atoms with Crippen LogP contribution in [0.25, 0.3) is 0 Å². The first kappa shape index (κ1) is 11.3. The molecule has 0 spiro atoms. The van der Waals surface area contributed by atoms with Gasteiger partial charge in [-0.25, -0.2) is 0 Å². The number of carbonyl (C=O) groups is 1. The third kappa shape index (κ3) is 2.58. The van der Waals surface area contributed by atoms with Crippen LogP contribution in [0.2, 0.25) is 0 Å². The van der Waals surface area contributed by atoms with Gasteiger partial charge in [-0.15, -0.1) is 11.6 Å². The number of ketones is 1. The number of hydrogen-bond donors (Lipinski definition) is 0. The fraction of sp³-hybridized carbons (Fsp3) is 0.417. The predicted molar refractivity (Wildman–Crippen MR) is 59.8 cm³/mol. The average Bonchev–Trinajstić information content (AvgIpc) is 2.19. The van der Waals surface area contributed by atoms with Gasteiger partial charge in [-0.1, -0.05) is 44.2 Å². The lowest BCUT2D eigenvalue weighted by atomic mass is 9.89. The van der Waals surface area contributed by atoms with E-state index in [1.165, 1.54) is 0 Å². The van der Waals surface area contributed by atoms with Crippen molar-refractivity contribution in [2.75, 3.05) is 5.88 Å². The first-order chi connectivity index (χ1) is 6.66. The van der Waals surface area contributed by atoms with E-state index in [0.717, 1.165) is 5.56 Å². The lowest BCUT2D eigenvalue weighted by Gasteiger charge is -2.16. The lowest BCUT2D eigenvalue weighted by Crippen LogP contribution is -2.21. The summed E-state index contributed by atoms with van der Waals surface area (Å²) in [4.78, 5) is 11.9. The second-order valence-corrected chi connectivity index (χ2v) is 4.04. The normalized spacial score (nSPS) is 12.9. The first-order valence-corrected chi connectivity index (χ1v) is 5.35. The van der Waals surface area contributed by atoms with Gasteiger partial charge in [0.2, 0.25) is 0 Å². The van der Waals surface area contributed by atoms with Crippen LogP contribution < -0.4 is 0 Å². The maximum absolute atomic E-state index is 11.9. The van der Waals surface area contributed by atoms with Gasteiger partial charge in [0.15, 0.2) is 5.78 Å². The van der Waals surface area contributed by atoms with E-state index in [2.05, 4.69) is 0 Å². The molecule has 1 unspecified atom stereocenters. The Balaban J connectivity index is 2.84. The van der Waals surface area contributed by atoms with E-state index in [4.69, 9.17) is 11.6 Å². The molecule has 2 heteroatoms. The zero-order chi connectivity index (χ0) is 10.6. The Morgan fingerprint density at radius 2 is 1.86 bits per heavy atom. The van der Waals surface area contributed by atoms with Crippen molar-refractivity contribution in [2.24, 2.45) is 11.8 Å². The summed E-state index contributed by atoms with van der Waals surface area (Å²) in [5, 5.41) is 0. The molecule has 1 aromatic rings. The van der Waals surface area contributed by atoms with E-state index in [1.54, 1.807) is 0 Å². The summed E-state index contributed by atoms with van der Waals surface area (Å²) in [5.41, 5.74) is 0.756. The standard InChI is InChI=1S/C12H15ClO/c1-9(2)11(8-13)12(14)10-6-4-3-5-7-10/h3-7,9,11H,8H2,1-2H3. The summed E-state index contributed by atoms with van der Waals surface area (Å²) in [6, 6.07) is 9.33. The van der Waals surface area contributed by atoms with Gasteiger partial charge in [0, 0.05) is 17.4 Å². The number of Topliss-reactive ketones (excluding diaryl/α,β-unsaturated/α-hetero) is 1. The maximum Gasteiger partial charge on any atom is 0.167 e. The van der Waals surface area contributed by atoms with E-state index < -0.39 is 0 Å². The third-order valence-corrected chi connectivity index (χ3v) is 2.70. The van der Waals surface area contributed by atoms with Crippen LogP contribution in [0.4, 0.5) is 0 Å². The van der Waals surface area contributed by atoms with Gasteiger partial charge in [0.05, 0.1) is 0 Å². The fourth-order valence-corrected chi connectivity index (χ4v) is 1.86. The highest BCUT2D eigenvalue weighted by atomic mass is 35.5. The molecule has 0 aliphatic carbocycles. The molecule has 0 aromatic heterocycles. The molecule has 0 fully saturated rings. The van der Waals surface area contributed by atoms with Gasteiger partial charge >= 0.3 is 0 Å². The molecule has 0 aliphatic heterocycles. The molecular formula is C12H15ClO. The minimum absolute atomic E-state index is 0.0703. The molecule has 0 N–H and O–H groups in total. The molecule has 0 saturated heterocycles. The topological polar surface area (TPSA) is 17.1 Å². The van der Waals surface area contributed by atoms with Crippen molar-refractivity contribution in [3.63, 3.8) is 0 Å². The Kier molecular flexibility index (Phi) is 4.15. The van der Waals surface area contributed by atoms with Gasteiger partial charge < -0.3 is 0 Å². The molecule has 0 bridgehead atoms. The zero-order valence-corrected chi connectivity index (χ0v) is 9.29. The van der Waals surface area contributed by atoms with Crippen LogP contribution >= 0.6 is 11.6 Å². The number of hydrogen-bond acceptors (Lipinski definition) is 1. The molecule has 1 aromatic carbocycles. The highest BCUT2D eigenvalue weighted by Crippen LogP contribution is 2.18. The molecular weight excluding hydrogens is 196 g/mol. The van der Waals surface area contributed by atoms with Gasteiger partial charge in [-0.05, 0) is 5.92 Å². The zero-order valence-electron chi connectivity index (χ0n) is 8.53. The quantitative estimate of drug-likeness (QED) is 0.550. The van der Waals surface area contributed by atoms with Gasteiger partial charge in [0.25, 0.3) is 0 Å². The monoisotopic (exact) mass is 210 g/mol. The van der Waals surface area contributed by atoms with Crippen LogP contribution in [-0.2, 0) is 0 Å². The van der Waals surface area contributed by atoms with Crippen molar-refractivity contribution in [3.05, 3.63) is 35.9 Å². The van der Waals surface area contributed by atoms with Gasteiger partial charge in [-0.3, -0.25) is 4.79 Å². The van der Waals surface area contributed by atoms with Crippen molar-refractivity contribution in [3.8, 4) is 0 Å². The molecule has 0 saturated carbocycles. The highest BCUT2D eigenvalue weighted by molar-refractivity contribution is 6.20. The second kappa shape index (κ2) is 5.16.